The molecule has 15 heavy (non-hydrogen) atoms. The Balaban J connectivity index is 2.48. The van der Waals surface area contributed by atoms with Gasteiger partial charge in [0.05, 0.1) is 0 Å². The van der Waals surface area contributed by atoms with Crippen molar-refractivity contribution >= 4 is 5.71 Å². The van der Waals surface area contributed by atoms with Gasteiger partial charge in [0, 0.05) is 12.8 Å². The number of rotatable bonds is 4. The Morgan fingerprint density at radius 3 is 2.47 bits per heavy atom. The van der Waals surface area contributed by atoms with Gasteiger partial charge in [0.25, 0.3) is 0 Å². The van der Waals surface area contributed by atoms with E-state index in [-0.39, 0.29) is 0 Å². The van der Waals surface area contributed by atoms with Crippen molar-refractivity contribution < 1.29 is 0 Å². The fourth-order valence-electron chi connectivity index (χ4n) is 1.48. The van der Waals surface area contributed by atoms with E-state index in [2.05, 4.69) is 48.3 Å². The van der Waals surface area contributed by atoms with Crippen LogP contribution < -0.4 is 0 Å². The Morgan fingerprint density at radius 2 is 1.87 bits per heavy atom. The summed E-state index contributed by atoms with van der Waals surface area (Å²) in [7, 11) is 1.83. The normalized spacial score (nSPS) is 13.0. The Bertz CT molecular complexity index is 347. The molecule has 0 aliphatic heterocycles. The van der Waals surface area contributed by atoms with E-state index >= 15 is 0 Å². The van der Waals surface area contributed by atoms with E-state index in [0.29, 0.717) is 0 Å². The third kappa shape index (κ3) is 4.59. The zero-order chi connectivity index (χ0) is 11.1. The predicted octanol–water partition coefficient (Wildman–Crippen LogP) is 3.66. The molecule has 0 N–H and O–H groups in total. The molecule has 0 fully saturated rings. The molecule has 0 unspecified atom stereocenters. The third-order valence-corrected chi connectivity index (χ3v) is 2.46. The first kappa shape index (κ1) is 11.7. The first-order chi connectivity index (χ1) is 7.22. The molecular weight excluding hydrogens is 182 g/mol. The van der Waals surface area contributed by atoms with Crippen LogP contribution in [0.2, 0.25) is 0 Å². The van der Waals surface area contributed by atoms with Crippen LogP contribution in [0.1, 0.15) is 25.8 Å². The Hall–Kier alpha value is -1.37. The summed E-state index contributed by atoms with van der Waals surface area (Å²) in [6, 6.07) is 10.6. The monoisotopic (exact) mass is 201 g/mol. The van der Waals surface area contributed by atoms with Crippen molar-refractivity contribution in [1.82, 2.24) is 0 Å². The molecule has 1 nitrogen and oxygen atoms in total. The number of nitrogens with zero attached hydrogens (tertiary/aromatic N) is 1. The number of aliphatic imine (C=N–C) groups is 1. The highest BCUT2D eigenvalue weighted by molar-refractivity contribution is 5.93. The van der Waals surface area contributed by atoms with Crippen LogP contribution in [0.3, 0.4) is 0 Å². The smallest absolute Gasteiger partial charge is 0.0313 e. The van der Waals surface area contributed by atoms with Gasteiger partial charge in [-0.25, -0.2) is 0 Å². The molecule has 1 rings (SSSR count). The quantitative estimate of drug-likeness (QED) is 0.659. The average Bonchev–Trinajstić information content (AvgIpc) is 2.27. The maximum Gasteiger partial charge on any atom is 0.0313 e. The van der Waals surface area contributed by atoms with Gasteiger partial charge in [0.1, 0.15) is 0 Å². The average molecular weight is 201 g/mol. The first-order valence-corrected chi connectivity index (χ1v) is 5.37. The van der Waals surface area contributed by atoms with Crippen LogP contribution in [0.4, 0.5) is 0 Å². The largest absolute Gasteiger partial charge is 0.293 e. The van der Waals surface area contributed by atoms with Gasteiger partial charge in [0.2, 0.25) is 0 Å². The summed E-state index contributed by atoms with van der Waals surface area (Å²) in [5.74, 6) is 0. The van der Waals surface area contributed by atoms with Gasteiger partial charge in [-0.15, -0.1) is 0 Å². The van der Waals surface area contributed by atoms with Crippen molar-refractivity contribution in [2.75, 3.05) is 7.05 Å². The van der Waals surface area contributed by atoms with E-state index in [4.69, 9.17) is 0 Å². The summed E-state index contributed by atoms with van der Waals surface area (Å²) in [6.07, 6.45) is 4.37. The lowest BCUT2D eigenvalue weighted by Gasteiger charge is -2.02. The third-order valence-electron chi connectivity index (χ3n) is 2.46. The van der Waals surface area contributed by atoms with E-state index in [9.17, 15) is 0 Å². The van der Waals surface area contributed by atoms with Gasteiger partial charge in [0.15, 0.2) is 0 Å². The summed E-state index contributed by atoms with van der Waals surface area (Å²) < 4.78 is 0. The molecule has 0 saturated heterocycles. The molecule has 0 radical (unpaired) electrons. The molecule has 0 atom stereocenters. The number of aryl methyl sites for hydroxylation is 1. The molecule has 1 aromatic carbocycles. The van der Waals surface area contributed by atoms with Crippen LogP contribution in [0.15, 0.2) is 47.0 Å². The van der Waals surface area contributed by atoms with Crippen LogP contribution in [0.25, 0.3) is 0 Å². The molecule has 0 aliphatic rings. The number of benzene rings is 1. The summed E-state index contributed by atoms with van der Waals surface area (Å²) in [6.45, 7) is 4.20. The number of allylic oxidation sites excluding steroid dienone is 2. The fraction of sp³-hybridized carbons (Fsp3) is 0.357. The molecule has 0 amide bonds. The Kier molecular flexibility index (Phi) is 4.82. The van der Waals surface area contributed by atoms with E-state index in [0.717, 1.165) is 18.6 Å². The summed E-state index contributed by atoms with van der Waals surface area (Å²) in [5, 5.41) is 0. The summed E-state index contributed by atoms with van der Waals surface area (Å²) in [5.41, 5.74) is 3.89. The maximum absolute atomic E-state index is 4.12. The van der Waals surface area contributed by atoms with Crippen molar-refractivity contribution in [2.45, 2.75) is 26.7 Å². The van der Waals surface area contributed by atoms with Crippen LogP contribution in [-0.2, 0) is 6.42 Å². The summed E-state index contributed by atoms with van der Waals surface area (Å²) >= 11 is 0. The van der Waals surface area contributed by atoms with Gasteiger partial charge in [-0.1, -0.05) is 35.9 Å². The molecule has 0 spiro atoms. The molecular formula is C14H19N. The van der Waals surface area contributed by atoms with Crippen molar-refractivity contribution in [2.24, 2.45) is 4.99 Å². The molecule has 1 heteroatoms. The zero-order valence-electron chi connectivity index (χ0n) is 9.83. The van der Waals surface area contributed by atoms with Gasteiger partial charge in [-0.3, -0.25) is 4.99 Å². The second-order valence-electron chi connectivity index (χ2n) is 3.84. The fourth-order valence-corrected chi connectivity index (χ4v) is 1.48. The highest BCUT2D eigenvalue weighted by Crippen LogP contribution is 2.08. The molecule has 80 valence electrons. The van der Waals surface area contributed by atoms with Gasteiger partial charge < -0.3 is 0 Å². The highest BCUT2D eigenvalue weighted by atomic mass is 14.7. The Labute approximate surface area is 92.6 Å². The van der Waals surface area contributed by atoms with E-state index in [1.807, 2.05) is 14.0 Å². The predicted molar refractivity (Wildman–Crippen MR) is 67.6 cm³/mol. The van der Waals surface area contributed by atoms with E-state index < -0.39 is 0 Å². The van der Waals surface area contributed by atoms with Crippen LogP contribution >= 0.6 is 0 Å². The SMILES string of the molecule is CN=C(C)/C=C(/C)CCc1ccccc1. The zero-order valence-corrected chi connectivity index (χ0v) is 9.83. The lowest BCUT2D eigenvalue weighted by atomic mass is 10.0. The molecule has 1 aromatic rings. The minimum absolute atomic E-state index is 1.10. The standard InChI is InChI=1S/C14H19N/c1-12(11-13(2)15-3)9-10-14-7-5-4-6-8-14/h4-8,11H,9-10H2,1-3H3/b12-11-,15-13?. The lowest BCUT2D eigenvalue weighted by Crippen LogP contribution is -1.90. The second-order valence-corrected chi connectivity index (χ2v) is 3.84. The highest BCUT2D eigenvalue weighted by Gasteiger charge is 1.94. The second kappa shape index (κ2) is 6.18. The molecule has 0 aliphatic carbocycles. The van der Waals surface area contributed by atoms with E-state index in [1.165, 1.54) is 11.1 Å². The van der Waals surface area contributed by atoms with Gasteiger partial charge in [-0.2, -0.15) is 0 Å². The van der Waals surface area contributed by atoms with Gasteiger partial charge >= 0.3 is 0 Å². The first-order valence-electron chi connectivity index (χ1n) is 5.37. The van der Waals surface area contributed by atoms with Crippen LogP contribution in [0.5, 0.6) is 0 Å². The molecule has 0 saturated carbocycles. The van der Waals surface area contributed by atoms with Crippen molar-refractivity contribution in [1.29, 1.82) is 0 Å². The van der Waals surface area contributed by atoms with Crippen molar-refractivity contribution in [3.8, 4) is 0 Å². The maximum atomic E-state index is 4.12. The molecule has 0 bridgehead atoms. The van der Waals surface area contributed by atoms with Crippen molar-refractivity contribution in [3.63, 3.8) is 0 Å². The topological polar surface area (TPSA) is 12.4 Å². The van der Waals surface area contributed by atoms with Crippen LogP contribution in [0, 0.1) is 0 Å². The Morgan fingerprint density at radius 1 is 1.20 bits per heavy atom. The van der Waals surface area contributed by atoms with Crippen molar-refractivity contribution in [3.05, 3.63) is 47.5 Å². The summed E-state index contributed by atoms with van der Waals surface area (Å²) in [4.78, 5) is 4.12. The molecule has 0 aromatic heterocycles. The number of hydrogen-bond donors (Lipinski definition) is 0. The molecule has 0 heterocycles. The minimum atomic E-state index is 1.10. The number of hydrogen-bond acceptors (Lipinski definition) is 1. The lowest BCUT2D eigenvalue weighted by molar-refractivity contribution is 0.942. The minimum Gasteiger partial charge on any atom is -0.293 e. The van der Waals surface area contributed by atoms with E-state index in [1.54, 1.807) is 0 Å². The van der Waals surface area contributed by atoms with Gasteiger partial charge in [-0.05, 0) is 38.3 Å². The van der Waals surface area contributed by atoms with Crippen LogP contribution in [-0.4, -0.2) is 12.8 Å².